The predicted molar refractivity (Wildman–Crippen MR) is 115 cm³/mol. The minimum absolute atomic E-state index is 0.0188. The molecule has 0 saturated carbocycles. The normalized spacial score (nSPS) is 19.0. The lowest BCUT2D eigenvalue weighted by Gasteiger charge is -2.40. The number of nitrogens with one attached hydrogen (secondary N) is 1. The Hall–Kier alpha value is -2.93. The van der Waals surface area contributed by atoms with E-state index >= 15 is 0 Å². The summed E-state index contributed by atoms with van der Waals surface area (Å²) in [6, 6.07) is 5.92. The third-order valence-electron chi connectivity index (χ3n) is 5.61. The number of aryl methyl sites for hydroxylation is 1. The van der Waals surface area contributed by atoms with Gasteiger partial charge in [0.2, 0.25) is 5.95 Å². The molecule has 1 aliphatic rings. The lowest BCUT2D eigenvalue weighted by Crippen LogP contribution is -2.51. The van der Waals surface area contributed by atoms with Crippen molar-refractivity contribution in [3.63, 3.8) is 0 Å². The number of aromatic nitrogens is 3. The van der Waals surface area contributed by atoms with E-state index in [9.17, 15) is 4.79 Å². The molecule has 1 aliphatic heterocycles. The molecular weight excluding hydrogens is 402 g/mol. The highest BCUT2D eigenvalue weighted by atomic mass is 35.5. The van der Waals surface area contributed by atoms with Crippen LogP contribution in [-0.4, -0.2) is 45.1 Å². The van der Waals surface area contributed by atoms with E-state index in [2.05, 4.69) is 27.4 Å². The Bertz CT molecular complexity index is 1010. The van der Waals surface area contributed by atoms with Crippen LogP contribution in [0, 0.1) is 12.8 Å². The summed E-state index contributed by atoms with van der Waals surface area (Å²) in [4.78, 5) is 24.1. The number of nitrogens with zero attached hydrogens (tertiary/aromatic N) is 4. The summed E-state index contributed by atoms with van der Waals surface area (Å²) in [7, 11) is 0. The van der Waals surface area contributed by atoms with Crippen molar-refractivity contribution in [1.29, 1.82) is 0 Å². The molecule has 0 radical (unpaired) electrons. The zero-order valence-electron chi connectivity index (χ0n) is 17.0. The molecule has 156 valence electrons. The summed E-state index contributed by atoms with van der Waals surface area (Å²) < 4.78 is 5.01. The fraction of sp³-hybridized carbons (Fsp3) is 0.364. The lowest BCUT2D eigenvalue weighted by atomic mass is 9.89. The van der Waals surface area contributed by atoms with Gasteiger partial charge in [0.05, 0.1) is 29.7 Å². The van der Waals surface area contributed by atoms with Crippen molar-refractivity contribution >= 4 is 23.5 Å². The van der Waals surface area contributed by atoms with E-state index in [1.54, 1.807) is 24.9 Å². The number of likely N-dealkylation sites (tertiary alicyclic amines) is 1. The molecule has 3 aromatic rings. The first-order chi connectivity index (χ1) is 14.5. The molecule has 1 fully saturated rings. The van der Waals surface area contributed by atoms with Crippen molar-refractivity contribution < 1.29 is 9.32 Å². The minimum Gasteiger partial charge on any atom is -0.364 e. The van der Waals surface area contributed by atoms with Crippen LogP contribution < -0.4 is 5.32 Å². The SMILES string of the molecule is Cc1ccc(-c2cnoc2)c(C(=O)N2CCC[C@@H](C)[C@H]2CNc2ncc(Cl)cn2)c1. The highest BCUT2D eigenvalue weighted by Gasteiger charge is 2.33. The fourth-order valence-corrected chi connectivity index (χ4v) is 4.09. The molecule has 1 saturated heterocycles. The van der Waals surface area contributed by atoms with Gasteiger partial charge in [-0.2, -0.15) is 0 Å². The maximum Gasteiger partial charge on any atom is 0.254 e. The number of anilines is 1. The number of piperidine rings is 1. The van der Waals surface area contributed by atoms with Gasteiger partial charge >= 0.3 is 0 Å². The zero-order chi connectivity index (χ0) is 21.1. The van der Waals surface area contributed by atoms with Crippen LogP contribution in [0.5, 0.6) is 0 Å². The van der Waals surface area contributed by atoms with Gasteiger partial charge in [0.25, 0.3) is 5.91 Å². The first-order valence-corrected chi connectivity index (χ1v) is 10.4. The second-order valence-corrected chi connectivity index (χ2v) is 8.19. The van der Waals surface area contributed by atoms with E-state index in [-0.39, 0.29) is 11.9 Å². The van der Waals surface area contributed by atoms with Crippen molar-refractivity contribution in [2.45, 2.75) is 32.7 Å². The van der Waals surface area contributed by atoms with Gasteiger partial charge in [-0.1, -0.05) is 41.4 Å². The van der Waals surface area contributed by atoms with Gasteiger partial charge in [-0.3, -0.25) is 4.79 Å². The van der Waals surface area contributed by atoms with Crippen molar-refractivity contribution in [3.05, 3.63) is 59.2 Å². The molecular formula is C22H24ClN5O2. The molecule has 2 aromatic heterocycles. The summed E-state index contributed by atoms with van der Waals surface area (Å²) >= 11 is 5.87. The number of benzene rings is 1. The lowest BCUT2D eigenvalue weighted by molar-refractivity contribution is 0.0540. The van der Waals surface area contributed by atoms with Crippen LogP contribution in [-0.2, 0) is 0 Å². The Morgan fingerprint density at radius 2 is 2.10 bits per heavy atom. The number of rotatable bonds is 5. The summed E-state index contributed by atoms with van der Waals surface area (Å²) in [5, 5.41) is 7.55. The third kappa shape index (κ3) is 4.31. The minimum atomic E-state index is 0.0188. The molecule has 30 heavy (non-hydrogen) atoms. The van der Waals surface area contributed by atoms with Crippen molar-refractivity contribution in [1.82, 2.24) is 20.0 Å². The Balaban J connectivity index is 1.60. The number of hydrogen-bond donors (Lipinski definition) is 1. The summed E-state index contributed by atoms with van der Waals surface area (Å²) in [6.07, 6.45) is 8.37. The maximum atomic E-state index is 13.7. The van der Waals surface area contributed by atoms with E-state index < -0.39 is 0 Å². The Morgan fingerprint density at radius 1 is 1.30 bits per heavy atom. The smallest absolute Gasteiger partial charge is 0.254 e. The number of halogens is 1. The molecule has 4 rings (SSSR count). The summed E-state index contributed by atoms with van der Waals surface area (Å²) in [5.74, 6) is 0.877. The molecule has 7 nitrogen and oxygen atoms in total. The number of carbonyl (C=O) groups is 1. The van der Waals surface area contributed by atoms with Gasteiger partial charge in [-0.05, 0) is 37.3 Å². The highest BCUT2D eigenvalue weighted by Crippen LogP contribution is 2.30. The van der Waals surface area contributed by atoms with Gasteiger partial charge in [-0.25, -0.2) is 9.97 Å². The monoisotopic (exact) mass is 425 g/mol. The van der Waals surface area contributed by atoms with Crippen LogP contribution >= 0.6 is 11.6 Å². The number of amides is 1. The van der Waals surface area contributed by atoms with Gasteiger partial charge < -0.3 is 14.7 Å². The molecule has 3 heterocycles. The molecule has 8 heteroatoms. The van der Waals surface area contributed by atoms with Crippen molar-refractivity contribution in [2.24, 2.45) is 5.92 Å². The van der Waals surface area contributed by atoms with E-state index in [1.807, 2.05) is 30.0 Å². The summed E-state index contributed by atoms with van der Waals surface area (Å²) in [6.45, 7) is 5.46. The Kier molecular flexibility index (Phi) is 5.99. The molecule has 0 unspecified atom stereocenters. The van der Waals surface area contributed by atoms with Crippen LogP contribution in [0.1, 0.15) is 35.7 Å². The molecule has 2 atom stereocenters. The second-order valence-electron chi connectivity index (χ2n) is 7.75. The average molecular weight is 426 g/mol. The predicted octanol–water partition coefficient (Wildman–Crippen LogP) is 4.45. The molecule has 1 N–H and O–H groups in total. The van der Waals surface area contributed by atoms with Crippen LogP contribution in [0.25, 0.3) is 11.1 Å². The second kappa shape index (κ2) is 8.83. The zero-order valence-corrected chi connectivity index (χ0v) is 17.8. The third-order valence-corrected chi connectivity index (χ3v) is 5.81. The van der Waals surface area contributed by atoms with Crippen LogP contribution in [0.4, 0.5) is 5.95 Å². The molecule has 0 spiro atoms. The van der Waals surface area contributed by atoms with E-state index in [0.717, 1.165) is 29.5 Å². The standard InChI is InChI=1S/C22H24ClN5O2/c1-14-5-6-18(16-9-27-30-13-16)19(8-14)21(29)28-7-3-4-15(2)20(28)12-26-22-24-10-17(23)11-25-22/h5-6,8-11,13,15,20H,3-4,7,12H2,1-2H3,(H,24,25,26)/t15-,20-/m1/s1. The fourth-order valence-electron chi connectivity index (χ4n) is 3.99. The van der Waals surface area contributed by atoms with Crippen LogP contribution in [0.15, 0.2) is 47.6 Å². The average Bonchev–Trinajstić information content (AvgIpc) is 3.28. The van der Waals surface area contributed by atoms with Crippen LogP contribution in [0.3, 0.4) is 0 Å². The van der Waals surface area contributed by atoms with Gasteiger partial charge in [0.15, 0.2) is 0 Å². The van der Waals surface area contributed by atoms with Crippen molar-refractivity contribution in [2.75, 3.05) is 18.4 Å². The molecule has 0 aliphatic carbocycles. The van der Waals surface area contributed by atoms with E-state index in [1.165, 1.54) is 0 Å². The maximum absolute atomic E-state index is 13.7. The van der Waals surface area contributed by atoms with Gasteiger partial charge in [-0.15, -0.1) is 0 Å². The topological polar surface area (TPSA) is 84.2 Å². The highest BCUT2D eigenvalue weighted by molar-refractivity contribution is 6.30. The van der Waals surface area contributed by atoms with E-state index in [0.29, 0.717) is 35.5 Å². The van der Waals surface area contributed by atoms with E-state index in [4.69, 9.17) is 16.1 Å². The number of hydrogen-bond acceptors (Lipinski definition) is 6. The largest absolute Gasteiger partial charge is 0.364 e. The number of carbonyl (C=O) groups excluding carboxylic acids is 1. The molecule has 1 amide bonds. The summed E-state index contributed by atoms with van der Waals surface area (Å²) in [5.41, 5.74) is 3.33. The quantitative estimate of drug-likeness (QED) is 0.650. The van der Waals surface area contributed by atoms with Gasteiger partial charge in [0.1, 0.15) is 6.26 Å². The van der Waals surface area contributed by atoms with Crippen LogP contribution in [0.2, 0.25) is 5.02 Å². The Morgan fingerprint density at radius 3 is 2.83 bits per heavy atom. The van der Waals surface area contributed by atoms with Crippen molar-refractivity contribution in [3.8, 4) is 11.1 Å². The first kappa shape index (κ1) is 20.3. The molecule has 1 aromatic carbocycles. The molecule has 0 bridgehead atoms. The van der Waals surface area contributed by atoms with Gasteiger partial charge in [0, 0.05) is 24.2 Å². The Labute approximate surface area is 180 Å². The first-order valence-electron chi connectivity index (χ1n) is 10.1.